The van der Waals surface area contributed by atoms with E-state index < -0.39 is 34.1 Å². The van der Waals surface area contributed by atoms with Gasteiger partial charge in [-0.05, 0) is 59.2 Å². The van der Waals surface area contributed by atoms with Crippen molar-refractivity contribution in [3.63, 3.8) is 0 Å². The number of hydrogen-bond acceptors (Lipinski definition) is 12. The molecule has 0 radical (unpaired) electrons. The molecule has 246 valence electrons. The SMILES string of the molecule is Nc1c(N2CCc3ccc(CNC(=O)c4cc(C(=O)N[C@H]5CCc6cc(-c7noc(=O)[nH]7)ccc65)n5c(=O)[nH]nc5n4)cc3C2)c(=O)c1=O. The Morgan fingerprint density at radius 2 is 1.84 bits per heavy atom. The number of nitrogens with one attached hydrogen (secondary N) is 4. The van der Waals surface area contributed by atoms with Crippen molar-refractivity contribution in [1.82, 2.24) is 40.4 Å². The van der Waals surface area contributed by atoms with Gasteiger partial charge in [0.1, 0.15) is 22.8 Å². The monoisotopic (exact) mass is 662 g/mol. The molecule has 2 aliphatic rings. The molecule has 17 heteroatoms. The lowest BCUT2D eigenvalue weighted by Crippen LogP contribution is -2.44. The molecule has 3 aromatic heterocycles. The fraction of sp³-hybridized carbons (Fsp3) is 0.219. The zero-order valence-electron chi connectivity index (χ0n) is 25.5. The van der Waals surface area contributed by atoms with Crippen molar-refractivity contribution >= 4 is 29.0 Å². The maximum absolute atomic E-state index is 13.6. The zero-order chi connectivity index (χ0) is 34.0. The highest BCUT2D eigenvalue weighted by molar-refractivity contribution is 5.98. The van der Waals surface area contributed by atoms with Gasteiger partial charge in [-0.15, -0.1) is 5.10 Å². The molecule has 1 aliphatic heterocycles. The van der Waals surface area contributed by atoms with Gasteiger partial charge in [-0.3, -0.25) is 28.7 Å². The van der Waals surface area contributed by atoms with Gasteiger partial charge in [0.05, 0.1) is 6.04 Å². The van der Waals surface area contributed by atoms with Crippen molar-refractivity contribution in [2.24, 2.45) is 0 Å². The number of nitrogen functional groups attached to an aromatic ring is 1. The zero-order valence-corrected chi connectivity index (χ0v) is 25.5. The largest absolute Gasteiger partial charge is 0.439 e. The predicted octanol–water partition coefficient (Wildman–Crippen LogP) is -0.151. The van der Waals surface area contributed by atoms with Crippen LogP contribution in [-0.4, -0.2) is 48.1 Å². The molecule has 0 saturated heterocycles. The van der Waals surface area contributed by atoms with E-state index in [4.69, 9.17) is 5.73 Å². The highest BCUT2D eigenvalue weighted by Crippen LogP contribution is 2.34. The van der Waals surface area contributed by atoms with Crippen molar-refractivity contribution in [2.75, 3.05) is 17.2 Å². The molecular formula is C32H26N10O7. The smallest absolute Gasteiger partial charge is 0.394 e. The van der Waals surface area contributed by atoms with E-state index in [0.717, 1.165) is 32.2 Å². The van der Waals surface area contributed by atoms with E-state index in [-0.39, 0.29) is 41.1 Å². The third kappa shape index (κ3) is 5.07. The number of benzene rings is 2. The van der Waals surface area contributed by atoms with Gasteiger partial charge in [0.15, 0.2) is 5.82 Å². The molecular weight excluding hydrogens is 636 g/mol. The topological polar surface area (TPSA) is 244 Å². The van der Waals surface area contributed by atoms with Crippen molar-refractivity contribution in [1.29, 1.82) is 0 Å². The molecule has 2 amide bonds. The Hall–Kier alpha value is -6.65. The fourth-order valence-corrected chi connectivity index (χ4v) is 6.59. The fourth-order valence-electron chi connectivity index (χ4n) is 6.59. The van der Waals surface area contributed by atoms with Gasteiger partial charge < -0.3 is 21.3 Å². The van der Waals surface area contributed by atoms with Gasteiger partial charge in [-0.2, -0.15) is 0 Å². The number of rotatable bonds is 7. The summed E-state index contributed by atoms with van der Waals surface area (Å²) in [5, 5.41) is 15.6. The normalized spacial score (nSPS) is 15.3. The Morgan fingerprint density at radius 3 is 2.63 bits per heavy atom. The predicted molar refractivity (Wildman–Crippen MR) is 173 cm³/mol. The van der Waals surface area contributed by atoms with Crippen molar-refractivity contribution in [3.05, 3.63) is 123 Å². The van der Waals surface area contributed by atoms with Gasteiger partial charge in [0, 0.05) is 25.2 Å². The lowest BCUT2D eigenvalue weighted by Gasteiger charge is -2.32. The number of aryl methyl sites for hydroxylation is 1. The Balaban J connectivity index is 0.990. The molecule has 0 saturated carbocycles. The molecule has 0 bridgehead atoms. The van der Waals surface area contributed by atoms with Gasteiger partial charge in [-0.25, -0.2) is 24.1 Å². The first-order valence-corrected chi connectivity index (χ1v) is 15.4. The number of nitrogens with two attached hydrogens (primary N) is 1. The summed E-state index contributed by atoms with van der Waals surface area (Å²) in [4.78, 5) is 83.1. The molecule has 6 aromatic rings. The van der Waals surface area contributed by atoms with E-state index >= 15 is 0 Å². The second-order valence-corrected chi connectivity index (χ2v) is 12.0. The summed E-state index contributed by atoms with van der Waals surface area (Å²) in [6, 6.07) is 12.1. The molecule has 8 rings (SSSR count). The first kappa shape index (κ1) is 29.7. The summed E-state index contributed by atoms with van der Waals surface area (Å²) < 4.78 is 5.60. The molecule has 1 aliphatic carbocycles. The minimum atomic E-state index is -0.689. The third-order valence-corrected chi connectivity index (χ3v) is 9.07. The molecule has 0 unspecified atom stereocenters. The standard InChI is InChI=1S/C32H26N10O7/c33-23-24(26(44)25(23)43)41-8-7-15-2-1-14(9-18(15)13-41)12-34-28(45)21-11-22(42-30(36-21)38-39-31(42)47)29(46)35-20-6-4-16-10-17(3-5-19(16)20)27-37-32(48)49-40-27/h1-3,5,9-11,20H,4,6-8,12-13,33H2,(H,34,45)(H,35,46)(H,39,47)(H,37,40,48)/t20-/m0/s1. The maximum atomic E-state index is 13.6. The van der Waals surface area contributed by atoms with Crippen LogP contribution in [0.1, 0.15) is 61.3 Å². The van der Waals surface area contributed by atoms with Gasteiger partial charge in [-0.1, -0.05) is 35.5 Å². The number of amides is 2. The van der Waals surface area contributed by atoms with E-state index in [0.29, 0.717) is 43.7 Å². The minimum Gasteiger partial charge on any atom is -0.394 e. The average molecular weight is 663 g/mol. The summed E-state index contributed by atoms with van der Waals surface area (Å²) in [5.41, 5.74) is 9.14. The van der Waals surface area contributed by atoms with E-state index in [1.165, 1.54) is 6.07 Å². The Kier molecular flexibility index (Phi) is 6.83. The average Bonchev–Trinajstić information content (AvgIpc) is 3.84. The maximum Gasteiger partial charge on any atom is 0.439 e. The highest BCUT2D eigenvalue weighted by atomic mass is 16.5. The first-order valence-electron chi connectivity index (χ1n) is 15.4. The molecule has 17 nitrogen and oxygen atoms in total. The number of carbonyl (C=O) groups excluding carboxylic acids is 2. The molecule has 4 heterocycles. The van der Waals surface area contributed by atoms with Crippen LogP contribution in [0.15, 0.2) is 66.2 Å². The summed E-state index contributed by atoms with van der Waals surface area (Å²) in [7, 11) is 0. The van der Waals surface area contributed by atoms with Crippen LogP contribution in [0.5, 0.6) is 0 Å². The lowest BCUT2D eigenvalue weighted by atomic mass is 9.96. The number of aromatic nitrogens is 6. The van der Waals surface area contributed by atoms with Crippen LogP contribution in [0, 0.1) is 0 Å². The first-order chi connectivity index (χ1) is 23.6. The highest BCUT2D eigenvalue weighted by Gasteiger charge is 2.29. The number of hydrogen-bond donors (Lipinski definition) is 5. The molecule has 49 heavy (non-hydrogen) atoms. The summed E-state index contributed by atoms with van der Waals surface area (Å²) in [5.74, 6) is -1.70. The van der Waals surface area contributed by atoms with E-state index in [1.54, 1.807) is 11.0 Å². The van der Waals surface area contributed by atoms with E-state index in [2.05, 4.69) is 40.5 Å². The van der Waals surface area contributed by atoms with Gasteiger partial charge in [0.25, 0.3) is 28.4 Å². The van der Waals surface area contributed by atoms with Gasteiger partial charge in [0.2, 0.25) is 0 Å². The number of aromatic amines is 2. The Bertz CT molecular complexity index is 2530. The van der Waals surface area contributed by atoms with Gasteiger partial charge >= 0.3 is 11.4 Å². The van der Waals surface area contributed by atoms with Crippen LogP contribution < -0.4 is 43.6 Å². The summed E-state index contributed by atoms with van der Waals surface area (Å²) in [6.07, 6.45) is 1.89. The van der Waals surface area contributed by atoms with Crippen LogP contribution in [0.2, 0.25) is 0 Å². The van der Waals surface area contributed by atoms with Crippen LogP contribution in [0.4, 0.5) is 11.4 Å². The molecule has 0 spiro atoms. The van der Waals surface area contributed by atoms with Crippen molar-refractivity contribution in [3.8, 4) is 11.4 Å². The van der Waals surface area contributed by atoms with Crippen LogP contribution in [-0.2, 0) is 25.9 Å². The molecule has 0 fully saturated rings. The quantitative estimate of drug-likeness (QED) is 0.140. The number of carbonyl (C=O) groups is 2. The number of nitrogens with zero attached hydrogens (tertiary/aromatic N) is 5. The minimum absolute atomic E-state index is 0.0149. The van der Waals surface area contributed by atoms with E-state index in [9.17, 15) is 28.8 Å². The number of anilines is 2. The van der Waals surface area contributed by atoms with Crippen LogP contribution in [0.3, 0.4) is 0 Å². The number of H-pyrrole nitrogens is 2. The summed E-state index contributed by atoms with van der Waals surface area (Å²) >= 11 is 0. The molecule has 6 N–H and O–H groups in total. The molecule has 1 atom stereocenters. The summed E-state index contributed by atoms with van der Waals surface area (Å²) in [6.45, 7) is 1.07. The molecule has 3 aromatic carbocycles. The van der Waals surface area contributed by atoms with Crippen LogP contribution in [0.25, 0.3) is 17.2 Å². The van der Waals surface area contributed by atoms with Crippen molar-refractivity contribution in [2.45, 2.75) is 38.4 Å². The lowest BCUT2D eigenvalue weighted by molar-refractivity contribution is 0.0929. The Labute approximate surface area is 273 Å². The van der Waals surface area contributed by atoms with E-state index in [1.807, 2.05) is 30.3 Å². The van der Waals surface area contributed by atoms with Crippen LogP contribution >= 0.6 is 0 Å². The third-order valence-electron chi connectivity index (χ3n) is 9.07. The van der Waals surface area contributed by atoms with Crippen molar-refractivity contribution < 1.29 is 14.1 Å². The Morgan fingerprint density at radius 1 is 0.980 bits per heavy atom. The second-order valence-electron chi connectivity index (χ2n) is 12.0. The number of fused-ring (bicyclic) bond motifs is 3. The second kappa shape index (κ2) is 11.3.